The van der Waals surface area contributed by atoms with Gasteiger partial charge in [-0.15, -0.1) is 0 Å². The highest BCUT2D eigenvalue weighted by molar-refractivity contribution is 6.00. The van der Waals surface area contributed by atoms with Crippen LogP contribution >= 0.6 is 0 Å². The molecule has 0 radical (unpaired) electrons. The zero-order chi connectivity index (χ0) is 20.3. The highest BCUT2D eigenvalue weighted by Gasteiger charge is 2.22. The molecule has 0 fully saturated rings. The van der Waals surface area contributed by atoms with Crippen LogP contribution in [0.4, 0.5) is 4.39 Å². The number of para-hydroxylation sites is 1. The summed E-state index contributed by atoms with van der Waals surface area (Å²) in [5.41, 5.74) is 2.31. The standard InChI is InChI=1S/C21H19FN2O4/c1-13-20(14(2)24(23-13)16-7-5-4-6-8-16)21(26)28-12-18(25)15-9-10-19(27-3)17(22)11-15/h4-11H,12H2,1-3H3. The number of methoxy groups -OCH3 is 1. The fourth-order valence-corrected chi connectivity index (χ4v) is 2.89. The molecular weight excluding hydrogens is 363 g/mol. The van der Waals surface area contributed by atoms with Crippen LogP contribution in [0.1, 0.15) is 32.1 Å². The first-order valence-corrected chi connectivity index (χ1v) is 8.58. The van der Waals surface area contributed by atoms with Crippen LogP contribution in [-0.4, -0.2) is 35.2 Å². The third kappa shape index (κ3) is 3.78. The summed E-state index contributed by atoms with van der Waals surface area (Å²) in [6, 6.07) is 13.2. The van der Waals surface area contributed by atoms with Crippen LogP contribution in [0.3, 0.4) is 0 Å². The fourth-order valence-electron chi connectivity index (χ4n) is 2.89. The molecule has 0 spiro atoms. The Morgan fingerprint density at radius 2 is 1.82 bits per heavy atom. The Morgan fingerprint density at radius 1 is 1.11 bits per heavy atom. The van der Waals surface area contributed by atoms with E-state index in [-0.39, 0.29) is 11.3 Å². The predicted octanol–water partition coefficient (Wildman–Crippen LogP) is 3.68. The molecule has 0 atom stereocenters. The van der Waals surface area contributed by atoms with Gasteiger partial charge in [0.05, 0.1) is 24.2 Å². The van der Waals surface area contributed by atoms with Gasteiger partial charge in [0.15, 0.2) is 24.0 Å². The maximum Gasteiger partial charge on any atom is 0.342 e. The van der Waals surface area contributed by atoms with Crippen molar-refractivity contribution in [3.05, 3.63) is 76.9 Å². The van der Waals surface area contributed by atoms with Crippen molar-refractivity contribution in [3.8, 4) is 11.4 Å². The zero-order valence-corrected chi connectivity index (χ0v) is 15.7. The Balaban J connectivity index is 1.74. The minimum atomic E-state index is -0.657. The number of carbonyl (C=O) groups is 2. The van der Waals surface area contributed by atoms with Crippen LogP contribution in [0.15, 0.2) is 48.5 Å². The summed E-state index contributed by atoms with van der Waals surface area (Å²) < 4.78 is 25.4. The van der Waals surface area contributed by atoms with Crippen LogP contribution in [-0.2, 0) is 4.74 Å². The number of halogens is 1. The number of rotatable bonds is 6. The summed E-state index contributed by atoms with van der Waals surface area (Å²) in [6.07, 6.45) is 0. The maximum atomic E-state index is 13.7. The molecule has 0 saturated heterocycles. The topological polar surface area (TPSA) is 70.4 Å². The second-order valence-electron chi connectivity index (χ2n) is 6.14. The molecular formula is C21H19FN2O4. The second kappa shape index (κ2) is 8.04. The van der Waals surface area contributed by atoms with Crippen molar-refractivity contribution in [2.75, 3.05) is 13.7 Å². The Hall–Kier alpha value is -3.48. The lowest BCUT2D eigenvalue weighted by molar-refractivity contribution is 0.0473. The summed E-state index contributed by atoms with van der Waals surface area (Å²) in [4.78, 5) is 24.7. The number of carbonyl (C=O) groups excluding carboxylic acids is 2. The quantitative estimate of drug-likeness (QED) is 0.480. The Bertz CT molecular complexity index is 1030. The van der Waals surface area contributed by atoms with Crippen molar-refractivity contribution < 1.29 is 23.5 Å². The highest BCUT2D eigenvalue weighted by Crippen LogP contribution is 2.20. The summed E-state index contributed by atoms with van der Waals surface area (Å²) >= 11 is 0. The highest BCUT2D eigenvalue weighted by atomic mass is 19.1. The lowest BCUT2D eigenvalue weighted by Gasteiger charge is -2.07. The monoisotopic (exact) mass is 382 g/mol. The molecule has 0 amide bonds. The molecule has 7 heteroatoms. The number of Topliss-reactive ketones (excluding diaryl/α,β-unsaturated/α-hetero) is 1. The molecule has 0 N–H and O–H groups in total. The van der Waals surface area contributed by atoms with Crippen molar-refractivity contribution in [1.29, 1.82) is 0 Å². The number of hydrogen-bond acceptors (Lipinski definition) is 5. The number of benzene rings is 2. The van der Waals surface area contributed by atoms with Gasteiger partial charge in [-0.1, -0.05) is 18.2 Å². The first-order chi connectivity index (χ1) is 13.4. The largest absolute Gasteiger partial charge is 0.494 e. The van der Waals surface area contributed by atoms with Crippen LogP contribution < -0.4 is 4.74 Å². The Kier molecular flexibility index (Phi) is 5.54. The number of esters is 1. The van der Waals surface area contributed by atoms with Crippen LogP contribution in [0.25, 0.3) is 5.69 Å². The maximum absolute atomic E-state index is 13.7. The molecule has 0 aliphatic heterocycles. The zero-order valence-electron chi connectivity index (χ0n) is 15.7. The van der Waals surface area contributed by atoms with Crippen LogP contribution in [0, 0.1) is 19.7 Å². The van der Waals surface area contributed by atoms with Crippen molar-refractivity contribution in [2.45, 2.75) is 13.8 Å². The molecule has 0 aliphatic carbocycles. The number of hydrogen-bond donors (Lipinski definition) is 0. The second-order valence-corrected chi connectivity index (χ2v) is 6.14. The number of aryl methyl sites for hydroxylation is 1. The van der Waals surface area contributed by atoms with E-state index in [9.17, 15) is 14.0 Å². The predicted molar refractivity (Wildman–Crippen MR) is 101 cm³/mol. The van der Waals surface area contributed by atoms with Crippen molar-refractivity contribution in [1.82, 2.24) is 9.78 Å². The van der Waals surface area contributed by atoms with Gasteiger partial charge in [0.25, 0.3) is 0 Å². The molecule has 28 heavy (non-hydrogen) atoms. The molecule has 144 valence electrons. The lowest BCUT2D eigenvalue weighted by Crippen LogP contribution is -2.15. The van der Waals surface area contributed by atoms with Gasteiger partial charge in [-0.3, -0.25) is 4.79 Å². The average molecular weight is 382 g/mol. The number of nitrogens with zero attached hydrogens (tertiary/aromatic N) is 2. The molecule has 6 nitrogen and oxygen atoms in total. The van der Waals surface area contributed by atoms with Gasteiger partial charge < -0.3 is 9.47 Å². The van der Waals surface area contributed by atoms with Gasteiger partial charge >= 0.3 is 5.97 Å². The SMILES string of the molecule is COc1ccc(C(=O)COC(=O)c2c(C)nn(-c3ccccc3)c2C)cc1F. The van der Waals surface area contributed by atoms with E-state index in [1.807, 2.05) is 30.3 Å². The molecule has 1 aromatic heterocycles. The normalized spacial score (nSPS) is 10.6. The Morgan fingerprint density at radius 3 is 2.46 bits per heavy atom. The summed E-state index contributed by atoms with van der Waals surface area (Å²) in [7, 11) is 1.34. The van der Waals surface area contributed by atoms with Crippen LogP contribution in [0.5, 0.6) is 5.75 Å². The van der Waals surface area contributed by atoms with E-state index in [1.54, 1.807) is 18.5 Å². The van der Waals surface area contributed by atoms with Gasteiger partial charge in [-0.25, -0.2) is 13.9 Å². The van der Waals surface area contributed by atoms with Crippen LogP contribution in [0.2, 0.25) is 0 Å². The molecule has 2 aromatic carbocycles. The number of ketones is 1. The van der Waals surface area contributed by atoms with E-state index >= 15 is 0 Å². The number of aromatic nitrogens is 2. The molecule has 0 unspecified atom stereocenters. The molecule has 0 aliphatic rings. The van der Waals surface area contributed by atoms with Gasteiger partial charge in [-0.2, -0.15) is 5.10 Å². The lowest BCUT2D eigenvalue weighted by atomic mass is 10.1. The minimum Gasteiger partial charge on any atom is -0.494 e. The van der Waals surface area contributed by atoms with Crippen molar-refractivity contribution >= 4 is 11.8 Å². The van der Waals surface area contributed by atoms with Crippen molar-refractivity contribution in [3.63, 3.8) is 0 Å². The van der Waals surface area contributed by atoms with Gasteiger partial charge in [0.2, 0.25) is 0 Å². The van der Waals surface area contributed by atoms with Gasteiger partial charge in [0.1, 0.15) is 5.56 Å². The molecule has 0 saturated carbocycles. The summed E-state index contributed by atoms with van der Waals surface area (Å²) in [5, 5.41) is 4.38. The smallest absolute Gasteiger partial charge is 0.342 e. The number of ether oxygens (including phenoxy) is 2. The average Bonchev–Trinajstić information content (AvgIpc) is 3.00. The van der Waals surface area contributed by atoms with E-state index < -0.39 is 24.2 Å². The van der Waals surface area contributed by atoms with E-state index in [4.69, 9.17) is 9.47 Å². The van der Waals surface area contributed by atoms with Gasteiger partial charge in [0, 0.05) is 5.56 Å². The van der Waals surface area contributed by atoms with E-state index in [0.29, 0.717) is 17.0 Å². The Labute approximate surface area is 161 Å². The molecule has 1 heterocycles. The first-order valence-electron chi connectivity index (χ1n) is 8.58. The molecule has 0 bridgehead atoms. The third-order valence-electron chi connectivity index (χ3n) is 4.30. The van der Waals surface area contributed by atoms with E-state index in [0.717, 1.165) is 11.8 Å². The first kappa shape index (κ1) is 19.3. The minimum absolute atomic E-state index is 0.0353. The summed E-state index contributed by atoms with van der Waals surface area (Å²) in [6.45, 7) is 2.95. The third-order valence-corrected chi connectivity index (χ3v) is 4.30. The van der Waals surface area contributed by atoms with E-state index in [2.05, 4.69) is 5.10 Å². The summed E-state index contributed by atoms with van der Waals surface area (Å²) in [5.74, 6) is -1.79. The molecule has 3 aromatic rings. The molecule has 3 rings (SSSR count). The fraction of sp³-hybridized carbons (Fsp3) is 0.190. The van der Waals surface area contributed by atoms with E-state index in [1.165, 1.54) is 19.2 Å². The van der Waals surface area contributed by atoms with Gasteiger partial charge in [-0.05, 0) is 44.2 Å². The van der Waals surface area contributed by atoms with Crippen molar-refractivity contribution in [2.24, 2.45) is 0 Å².